The van der Waals surface area contributed by atoms with Gasteiger partial charge in [0.15, 0.2) is 0 Å². The van der Waals surface area contributed by atoms with E-state index in [1.54, 1.807) is 37.9 Å². The number of aryl methyl sites for hydroxylation is 1. The summed E-state index contributed by atoms with van der Waals surface area (Å²) in [4.78, 5) is 11.9. The fourth-order valence-electron chi connectivity index (χ4n) is 1.55. The number of hydrogen-bond acceptors (Lipinski definition) is 3. The van der Waals surface area contributed by atoms with Gasteiger partial charge in [0.2, 0.25) is 0 Å². The zero-order valence-corrected chi connectivity index (χ0v) is 11.0. The Hall–Kier alpha value is -1.07. The third kappa shape index (κ3) is 3.20. The second kappa shape index (κ2) is 5.51. The maximum atomic E-state index is 11.9. The molecule has 0 aromatic carbocycles. The van der Waals surface area contributed by atoms with Crippen molar-refractivity contribution < 1.29 is 9.84 Å². The lowest BCUT2D eigenvalue weighted by atomic mass is 10.0. The van der Waals surface area contributed by atoms with Gasteiger partial charge in [0, 0.05) is 26.0 Å². The Bertz CT molecular complexity index is 406. The largest absolute Gasteiger partial charge is 0.388 e. The molecule has 0 aliphatic rings. The van der Waals surface area contributed by atoms with Crippen molar-refractivity contribution in [3.8, 4) is 0 Å². The molecule has 1 heterocycles. The van der Waals surface area contributed by atoms with Gasteiger partial charge in [-0.1, -0.05) is 6.92 Å². The molecule has 0 radical (unpaired) electrons. The van der Waals surface area contributed by atoms with Crippen LogP contribution >= 0.6 is 0 Å². The molecule has 98 valence electrons. The Morgan fingerprint density at radius 2 is 2.00 bits per heavy atom. The topological polar surface area (TPSA) is 56.4 Å². The molecule has 0 aliphatic heterocycles. The lowest BCUT2D eigenvalue weighted by molar-refractivity contribution is -0.0835. The van der Waals surface area contributed by atoms with Crippen LogP contribution < -0.4 is 5.69 Å². The summed E-state index contributed by atoms with van der Waals surface area (Å²) in [6.45, 7) is 6.57. The van der Waals surface area contributed by atoms with Gasteiger partial charge in [-0.2, -0.15) is 0 Å². The highest BCUT2D eigenvalue weighted by atomic mass is 16.5. The monoisotopic (exact) mass is 242 g/mol. The summed E-state index contributed by atoms with van der Waals surface area (Å²) in [6, 6.07) is 0. The number of rotatable bonds is 6. The Morgan fingerprint density at radius 3 is 2.53 bits per heavy atom. The van der Waals surface area contributed by atoms with E-state index in [9.17, 15) is 9.90 Å². The van der Waals surface area contributed by atoms with Crippen molar-refractivity contribution in [2.24, 2.45) is 0 Å². The molecule has 1 N–H and O–H groups in total. The summed E-state index contributed by atoms with van der Waals surface area (Å²) < 4.78 is 8.35. The van der Waals surface area contributed by atoms with Crippen LogP contribution in [0.2, 0.25) is 0 Å². The number of ether oxygens (including phenoxy) is 1. The average molecular weight is 242 g/mol. The molecule has 0 bridgehead atoms. The smallest absolute Gasteiger partial charge is 0.328 e. The molecule has 5 heteroatoms. The van der Waals surface area contributed by atoms with Gasteiger partial charge in [-0.15, -0.1) is 0 Å². The molecule has 1 unspecified atom stereocenters. The van der Waals surface area contributed by atoms with Gasteiger partial charge in [-0.3, -0.25) is 9.13 Å². The van der Waals surface area contributed by atoms with Crippen molar-refractivity contribution >= 4 is 0 Å². The van der Waals surface area contributed by atoms with E-state index in [1.807, 2.05) is 6.92 Å². The lowest BCUT2D eigenvalue weighted by Gasteiger charge is -2.28. The van der Waals surface area contributed by atoms with Crippen LogP contribution in [0.15, 0.2) is 17.2 Å². The number of aliphatic hydroxyl groups is 1. The second-order valence-corrected chi connectivity index (χ2v) is 4.75. The molecule has 0 fully saturated rings. The first-order valence-electron chi connectivity index (χ1n) is 5.91. The third-order valence-corrected chi connectivity index (χ3v) is 3.08. The van der Waals surface area contributed by atoms with Crippen molar-refractivity contribution in [1.29, 1.82) is 0 Å². The highest BCUT2D eigenvalue weighted by Crippen LogP contribution is 2.14. The summed E-state index contributed by atoms with van der Waals surface area (Å²) in [7, 11) is 1.55. The first-order valence-corrected chi connectivity index (χ1v) is 5.91. The molecule has 0 aliphatic carbocycles. The molecule has 0 spiro atoms. The molecule has 0 saturated carbocycles. The summed E-state index contributed by atoms with van der Waals surface area (Å²) in [5.41, 5.74) is -0.746. The highest BCUT2D eigenvalue weighted by molar-refractivity contribution is 4.86. The van der Waals surface area contributed by atoms with Gasteiger partial charge in [0.25, 0.3) is 0 Å². The van der Waals surface area contributed by atoms with Gasteiger partial charge in [0.05, 0.1) is 12.1 Å². The Labute approximate surface area is 102 Å². The zero-order valence-electron chi connectivity index (χ0n) is 11.0. The van der Waals surface area contributed by atoms with Crippen molar-refractivity contribution in [3.05, 3.63) is 22.9 Å². The predicted octanol–water partition coefficient (Wildman–Crippen LogP) is 0.846. The fourth-order valence-corrected chi connectivity index (χ4v) is 1.55. The van der Waals surface area contributed by atoms with E-state index in [0.29, 0.717) is 6.54 Å². The molecule has 1 aromatic rings. The molecule has 1 atom stereocenters. The number of imidazole rings is 1. The summed E-state index contributed by atoms with van der Waals surface area (Å²) in [5.74, 6) is 0. The van der Waals surface area contributed by atoms with Gasteiger partial charge in [-0.05, 0) is 20.3 Å². The standard InChI is InChI=1S/C12H22N2O3/c1-5-6-13-7-8-14(11(13)16)9-10(15)12(2,3)17-4/h7-8,10,15H,5-6,9H2,1-4H3. The van der Waals surface area contributed by atoms with Crippen LogP contribution in [0.4, 0.5) is 0 Å². The number of aliphatic hydroxyl groups excluding tert-OH is 1. The van der Waals surface area contributed by atoms with Crippen molar-refractivity contribution in [2.45, 2.75) is 52.0 Å². The first kappa shape index (κ1) is 14.0. The molecule has 17 heavy (non-hydrogen) atoms. The Kier molecular flexibility index (Phi) is 4.54. The van der Waals surface area contributed by atoms with E-state index in [0.717, 1.165) is 6.42 Å². The third-order valence-electron chi connectivity index (χ3n) is 3.08. The average Bonchev–Trinajstić information content (AvgIpc) is 2.62. The first-order chi connectivity index (χ1) is 7.92. The van der Waals surface area contributed by atoms with Gasteiger partial charge < -0.3 is 9.84 Å². The zero-order chi connectivity index (χ0) is 13.1. The van der Waals surface area contributed by atoms with Crippen LogP contribution in [0, 0.1) is 0 Å². The SMILES string of the molecule is CCCn1ccn(CC(O)C(C)(C)OC)c1=O. The van der Waals surface area contributed by atoms with Crippen LogP contribution in [0.3, 0.4) is 0 Å². The molecule has 5 nitrogen and oxygen atoms in total. The Balaban J connectivity index is 2.79. The summed E-state index contributed by atoms with van der Waals surface area (Å²) in [5, 5.41) is 10.0. The number of nitrogens with zero attached hydrogens (tertiary/aromatic N) is 2. The molecule has 1 aromatic heterocycles. The molecular weight excluding hydrogens is 220 g/mol. The van der Waals surface area contributed by atoms with Crippen molar-refractivity contribution in [1.82, 2.24) is 9.13 Å². The Morgan fingerprint density at radius 1 is 1.41 bits per heavy atom. The van der Waals surface area contributed by atoms with Crippen molar-refractivity contribution in [3.63, 3.8) is 0 Å². The molecule has 0 amide bonds. The normalized spacial score (nSPS) is 13.9. The predicted molar refractivity (Wildman–Crippen MR) is 66.1 cm³/mol. The van der Waals surface area contributed by atoms with Crippen LogP contribution in [0.1, 0.15) is 27.2 Å². The summed E-state index contributed by atoms with van der Waals surface area (Å²) >= 11 is 0. The van der Waals surface area contributed by atoms with E-state index in [2.05, 4.69) is 0 Å². The van der Waals surface area contributed by atoms with Gasteiger partial charge in [0.1, 0.15) is 6.10 Å². The number of methoxy groups -OCH3 is 1. The minimum absolute atomic E-state index is 0.0854. The summed E-state index contributed by atoms with van der Waals surface area (Å²) in [6.07, 6.45) is 3.64. The number of hydrogen-bond donors (Lipinski definition) is 1. The quantitative estimate of drug-likeness (QED) is 0.804. The lowest BCUT2D eigenvalue weighted by Crippen LogP contribution is -2.42. The van der Waals surface area contributed by atoms with E-state index in [4.69, 9.17) is 4.74 Å². The van der Waals surface area contributed by atoms with Crippen molar-refractivity contribution in [2.75, 3.05) is 7.11 Å². The maximum Gasteiger partial charge on any atom is 0.328 e. The molecule has 0 saturated heterocycles. The minimum Gasteiger partial charge on any atom is -0.388 e. The maximum absolute atomic E-state index is 11.9. The molecular formula is C12H22N2O3. The minimum atomic E-state index is -0.720. The van der Waals surface area contributed by atoms with E-state index in [-0.39, 0.29) is 12.2 Å². The highest BCUT2D eigenvalue weighted by Gasteiger charge is 2.28. The second-order valence-electron chi connectivity index (χ2n) is 4.75. The van der Waals surface area contributed by atoms with E-state index in [1.165, 1.54) is 4.57 Å². The van der Waals surface area contributed by atoms with E-state index >= 15 is 0 Å². The van der Waals surface area contributed by atoms with E-state index < -0.39 is 11.7 Å². The number of aromatic nitrogens is 2. The molecule has 1 rings (SSSR count). The van der Waals surface area contributed by atoms with Gasteiger partial charge >= 0.3 is 5.69 Å². The fraction of sp³-hybridized carbons (Fsp3) is 0.750. The van der Waals surface area contributed by atoms with Crippen LogP contribution in [0.5, 0.6) is 0 Å². The van der Waals surface area contributed by atoms with Gasteiger partial charge in [-0.25, -0.2) is 4.79 Å². The van der Waals surface area contributed by atoms with Crippen LogP contribution in [-0.2, 0) is 17.8 Å². The van der Waals surface area contributed by atoms with Crippen LogP contribution in [-0.4, -0.2) is 33.1 Å². The van der Waals surface area contributed by atoms with Crippen LogP contribution in [0.25, 0.3) is 0 Å².